The Bertz CT molecular complexity index is 198. The Morgan fingerprint density at radius 3 is 1.15 bits per heavy atom. The van der Waals surface area contributed by atoms with Gasteiger partial charge in [0.05, 0.1) is 0 Å². The first kappa shape index (κ1) is 19.7. The second-order valence-corrected chi connectivity index (χ2v) is 6.48. The lowest BCUT2D eigenvalue weighted by Gasteiger charge is -2.03. The fourth-order valence-electron chi connectivity index (χ4n) is 2.76. The highest BCUT2D eigenvalue weighted by Crippen LogP contribution is 2.13. The predicted octanol–water partition coefficient (Wildman–Crippen LogP) is 7.29. The molecule has 0 aromatic rings. The first-order chi connectivity index (χ1) is 9.77. The van der Waals surface area contributed by atoms with Crippen LogP contribution in [0.2, 0.25) is 0 Å². The van der Waals surface area contributed by atoms with Gasteiger partial charge in [-0.3, -0.25) is 0 Å². The maximum Gasteiger partial charge on any atom is 0.00582 e. The summed E-state index contributed by atoms with van der Waals surface area (Å²) in [6.45, 7) is 4.21. The minimum atomic E-state index is 0.847. The van der Waals surface area contributed by atoms with Gasteiger partial charge in [-0.1, -0.05) is 96.8 Å². The molecule has 20 heavy (non-hydrogen) atoms. The topological polar surface area (TPSA) is 23.9 Å². The zero-order valence-electron chi connectivity index (χ0n) is 14.3. The lowest BCUT2D eigenvalue weighted by molar-refractivity contribution is 0.533. The van der Waals surface area contributed by atoms with Crippen molar-refractivity contribution < 1.29 is 0 Å². The van der Waals surface area contributed by atoms with Crippen LogP contribution in [0.25, 0.3) is 0 Å². The van der Waals surface area contributed by atoms with E-state index in [-0.39, 0.29) is 0 Å². The third-order valence-electron chi connectivity index (χ3n) is 4.16. The smallest absolute Gasteiger partial charge is 0.00582 e. The van der Waals surface area contributed by atoms with E-state index in [2.05, 4.69) is 6.92 Å². The van der Waals surface area contributed by atoms with Crippen LogP contribution >= 0.6 is 0 Å². The van der Waals surface area contributed by atoms with E-state index >= 15 is 0 Å². The molecule has 0 saturated carbocycles. The van der Waals surface area contributed by atoms with Crippen molar-refractivity contribution in [3.8, 4) is 0 Å². The number of nitrogens with one attached hydrogen (secondary N) is 1. The highest BCUT2D eigenvalue weighted by Gasteiger charge is 1.94. The molecule has 1 heteroatoms. The third kappa shape index (κ3) is 17.7. The van der Waals surface area contributed by atoms with Crippen LogP contribution in [-0.2, 0) is 0 Å². The van der Waals surface area contributed by atoms with Crippen LogP contribution in [0.5, 0.6) is 0 Å². The molecular weight excluding hydrogens is 242 g/mol. The van der Waals surface area contributed by atoms with Crippen molar-refractivity contribution in [2.75, 3.05) is 0 Å². The van der Waals surface area contributed by atoms with Gasteiger partial charge in [-0.2, -0.15) is 0 Å². The SMILES string of the molecule is CCCCCCCCCCCCCCCCCC(C)=N. The van der Waals surface area contributed by atoms with Crippen molar-refractivity contribution in [2.45, 2.75) is 117 Å². The molecule has 0 amide bonds. The average Bonchev–Trinajstić information content (AvgIpc) is 2.43. The van der Waals surface area contributed by atoms with E-state index in [1.165, 1.54) is 96.3 Å². The summed E-state index contributed by atoms with van der Waals surface area (Å²) in [6.07, 6.45) is 22.2. The molecule has 0 spiro atoms. The molecule has 0 saturated heterocycles. The fourth-order valence-corrected chi connectivity index (χ4v) is 2.76. The second kappa shape index (κ2) is 16.7. The van der Waals surface area contributed by atoms with Crippen LogP contribution in [0.4, 0.5) is 0 Å². The summed E-state index contributed by atoms with van der Waals surface area (Å²) >= 11 is 0. The lowest BCUT2D eigenvalue weighted by atomic mass is 10.0. The summed E-state index contributed by atoms with van der Waals surface area (Å²) in [5, 5.41) is 7.37. The first-order valence-electron chi connectivity index (χ1n) is 9.31. The minimum Gasteiger partial charge on any atom is -0.310 e. The molecule has 0 aromatic carbocycles. The van der Waals surface area contributed by atoms with E-state index in [0.717, 1.165) is 12.1 Å². The van der Waals surface area contributed by atoms with Gasteiger partial charge < -0.3 is 5.41 Å². The van der Waals surface area contributed by atoms with Gasteiger partial charge in [0, 0.05) is 5.71 Å². The molecule has 0 unspecified atom stereocenters. The van der Waals surface area contributed by atoms with Crippen molar-refractivity contribution in [1.29, 1.82) is 5.41 Å². The Kier molecular flexibility index (Phi) is 16.4. The summed E-state index contributed by atoms with van der Waals surface area (Å²) in [5.74, 6) is 0. The van der Waals surface area contributed by atoms with Crippen LogP contribution in [0.3, 0.4) is 0 Å². The van der Waals surface area contributed by atoms with Crippen LogP contribution in [0.1, 0.15) is 117 Å². The van der Waals surface area contributed by atoms with Crippen molar-refractivity contribution in [2.24, 2.45) is 0 Å². The molecule has 0 radical (unpaired) electrons. The van der Waals surface area contributed by atoms with Crippen molar-refractivity contribution in [3.05, 3.63) is 0 Å². The van der Waals surface area contributed by atoms with Gasteiger partial charge in [0.15, 0.2) is 0 Å². The fraction of sp³-hybridized carbons (Fsp3) is 0.947. The van der Waals surface area contributed by atoms with Gasteiger partial charge in [0.1, 0.15) is 0 Å². The lowest BCUT2D eigenvalue weighted by Crippen LogP contribution is -1.88. The molecule has 0 aliphatic heterocycles. The zero-order chi connectivity index (χ0) is 14.9. The second-order valence-electron chi connectivity index (χ2n) is 6.48. The van der Waals surface area contributed by atoms with Crippen molar-refractivity contribution >= 4 is 5.71 Å². The molecule has 1 nitrogen and oxygen atoms in total. The van der Waals surface area contributed by atoms with E-state index in [4.69, 9.17) is 5.41 Å². The normalized spacial score (nSPS) is 10.9. The Hall–Kier alpha value is -0.330. The predicted molar refractivity (Wildman–Crippen MR) is 92.9 cm³/mol. The minimum absolute atomic E-state index is 0.847. The summed E-state index contributed by atoms with van der Waals surface area (Å²) in [7, 11) is 0. The summed E-state index contributed by atoms with van der Waals surface area (Å²) in [5.41, 5.74) is 0.847. The summed E-state index contributed by atoms with van der Waals surface area (Å²) in [6, 6.07) is 0. The van der Waals surface area contributed by atoms with Crippen LogP contribution < -0.4 is 0 Å². The van der Waals surface area contributed by atoms with Crippen LogP contribution in [-0.4, -0.2) is 5.71 Å². The molecule has 1 N–H and O–H groups in total. The maximum absolute atomic E-state index is 7.37. The molecular formula is C19H39N. The largest absolute Gasteiger partial charge is 0.310 e. The van der Waals surface area contributed by atoms with Crippen molar-refractivity contribution in [1.82, 2.24) is 0 Å². The third-order valence-corrected chi connectivity index (χ3v) is 4.16. The molecule has 0 atom stereocenters. The molecule has 0 aliphatic rings. The molecule has 0 rings (SSSR count). The Morgan fingerprint density at radius 1 is 0.550 bits per heavy atom. The maximum atomic E-state index is 7.37. The molecule has 0 aromatic heterocycles. The van der Waals surface area contributed by atoms with Gasteiger partial charge in [-0.05, 0) is 19.8 Å². The highest BCUT2D eigenvalue weighted by molar-refractivity contribution is 5.78. The molecule has 120 valence electrons. The van der Waals surface area contributed by atoms with E-state index in [1.807, 2.05) is 6.92 Å². The Balaban J connectivity index is 2.94. The van der Waals surface area contributed by atoms with Crippen LogP contribution in [0, 0.1) is 5.41 Å². The van der Waals surface area contributed by atoms with E-state index in [1.54, 1.807) is 0 Å². The monoisotopic (exact) mass is 281 g/mol. The zero-order valence-corrected chi connectivity index (χ0v) is 14.3. The van der Waals surface area contributed by atoms with Gasteiger partial charge in [-0.25, -0.2) is 0 Å². The van der Waals surface area contributed by atoms with Gasteiger partial charge in [0.25, 0.3) is 0 Å². The van der Waals surface area contributed by atoms with E-state index < -0.39 is 0 Å². The number of unbranched alkanes of at least 4 members (excludes halogenated alkanes) is 14. The number of hydrogen-bond acceptors (Lipinski definition) is 1. The number of rotatable bonds is 16. The van der Waals surface area contributed by atoms with Crippen LogP contribution in [0.15, 0.2) is 0 Å². The average molecular weight is 282 g/mol. The van der Waals surface area contributed by atoms with Gasteiger partial charge in [0.2, 0.25) is 0 Å². The van der Waals surface area contributed by atoms with Gasteiger partial charge >= 0.3 is 0 Å². The number of hydrogen-bond donors (Lipinski definition) is 1. The summed E-state index contributed by atoms with van der Waals surface area (Å²) < 4.78 is 0. The molecule has 0 bridgehead atoms. The Labute approximate surface area is 128 Å². The highest BCUT2D eigenvalue weighted by atomic mass is 14.4. The summed E-state index contributed by atoms with van der Waals surface area (Å²) in [4.78, 5) is 0. The molecule has 0 heterocycles. The molecule has 0 fully saturated rings. The van der Waals surface area contributed by atoms with Crippen molar-refractivity contribution in [3.63, 3.8) is 0 Å². The Morgan fingerprint density at radius 2 is 0.850 bits per heavy atom. The quantitative estimate of drug-likeness (QED) is 0.227. The first-order valence-corrected chi connectivity index (χ1v) is 9.31. The van der Waals surface area contributed by atoms with Gasteiger partial charge in [-0.15, -0.1) is 0 Å². The standard InChI is InChI=1S/C19H39N/c1-3-4-5-6-7-8-9-10-11-12-13-14-15-16-17-18-19(2)20/h20H,3-18H2,1-2H3. The molecule has 0 aliphatic carbocycles. The van der Waals surface area contributed by atoms with E-state index in [9.17, 15) is 0 Å². The van der Waals surface area contributed by atoms with E-state index in [0.29, 0.717) is 0 Å².